The number of benzene rings is 2. The molecule has 2 aromatic rings. The van der Waals surface area contributed by atoms with Gasteiger partial charge in [0.1, 0.15) is 0 Å². The van der Waals surface area contributed by atoms with Crippen molar-refractivity contribution in [2.45, 2.75) is 18.4 Å². The molecule has 0 unspecified atom stereocenters. The third-order valence-electron chi connectivity index (χ3n) is 2.98. The fourth-order valence-electron chi connectivity index (χ4n) is 1.78. The van der Waals surface area contributed by atoms with E-state index in [0.29, 0.717) is 11.3 Å². The first-order chi connectivity index (χ1) is 9.44. The van der Waals surface area contributed by atoms with Crippen molar-refractivity contribution in [2.75, 3.05) is 4.72 Å². The molecule has 20 heavy (non-hydrogen) atoms. The second-order valence-electron chi connectivity index (χ2n) is 4.31. The lowest BCUT2D eigenvalue weighted by Crippen LogP contribution is -2.14. The van der Waals surface area contributed by atoms with Crippen molar-refractivity contribution in [3.05, 3.63) is 58.1 Å². The molecule has 6 heteroatoms. The Labute approximate surface area is 126 Å². The van der Waals surface area contributed by atoms with Gasteiger partial charge in [-0.15, -0.1) is 0 Å². The van der Waals surface area contributed by atoms with Crippen molar-refractivity contribution in [2.24, 2.45) is 0 Å². The predicted molar refractivity (Wildman–Crippen MR) is 82.1 cm³/mol. The first-order valence-corrected chi connectivity index (χ1v) is 8.19. The normalized spacial score (nSPS) is 11.3. The Hall–Kier alpha value is -1.37. The Kier molecular flexibility index (Phi) is 4.47. The van der Waals surface area contributed by atoms with Crippen molar-refractivity contribution in [1.29, 1.82) is 0 Å². The molecule has 0 saturated heterocycles. The molecule has 4 nitrogen and oxygen atoms in total. The zero-order chi connectivity index (χ0) is 14.8. The third-order valence-corrected chi connectivity index (χ3v) is 4.89. The van der Waals surface area contributed by atoms with Gasteiger partial charge in [-0.3, -0.25) is 4.72 Å². The summed E-state index contributed by atoms with van der Waals surface area (Å²) < 4.78 is 27.9. The number of aliphatic hydroxyl groups is 1. The SMILES string of the molecule is Cc1c(CO)cccc1NS(=O)(=O)c1ccc(Br)cc1. The van der Waals surface area contributed by atoms with Crippen LogP contribution in [0.25, 0.3) is 0 Å². The van der Waals surface area contributed by atoms with Crippen LogP contribution < -0.4 is 4.72 Å². The van der Waals surface area contributed by atoms with Gasteiger partial charge in [-0.2, -0.15) is 0 Å². The van der Waals surface area contributed by atoms with E-state index in [1.165, 1.54) is 12.1 Å². The second-order valence-corrected chi connectivity index (χ2v) is 6.91. The number of hydrogen-bond acceptors (Lipinski definition) is 3. The standard InChI is InChI=1S/C14H14BrNO3S/c1-10-11(9-17)3-2-4-14(10)16-20(18,19)13-7-5-12(15)6-8-13/h2-8,16-17H,9H2,1H3. The van der Waals surface area contributed by atoms with E-state index in [1.54, 1.807) is 37.3 Å². The zero-order valence-corrected chi connectivity index (χ0v) is 13.2. The smallest absolute Gasteiger partial charge is 0.261 e. The summed E-state index contributed by atoms with van der Waals surface area (Å²) in [6, 6.07) is 11.5. The van der Waals surface area contributed by atoms with Crippen LogP contribution in [0.4, 0.5) is 5.69 Å². The second kappa shape index (κ2) is 5.95. The summed E-state index contributed by atoms with van der Waals surface area (Å²) in [6.07, 6.45) is 0. The number of nitrogens with one attached hydrogen (secondary N) is 1. The summed E-state index contributed by atoms with van der Waals surface area (Å²) >= 11 is 3.27. The molecule has 0 radical (unpaired) electrons. The molecule has 0 aliphatic rings. The summed E-state index contributed by atoms with van der Waals surface area (Å²) in [6.45, 7) is 1.64. The summed E-state index contributed by atoms with van der Waals surface area (Å²) in [5, 5.41) is 9.21. The number of sulfonamides is 1. The summed E-state index contributed by atoms with van der Waals surface area (Å²) in [4.78, 5) is 0.189. The lowest BCUT2D eigenvalue weighted by atomic mass is 10.1. The van der Waals surface area contributed by atoms with Gasteiger partial charge in [-0.05, 0) is 48.4 Å². The van der Waals surface area contributed by atoms with Gasteiger partial charge in [0.15, 0.2) is 0 Å². The largest absolute Gasteiger partial charge is 0.392 e. The van der Waals surface area contributed by atoms with E-state index in [0.717, 1.165) is 10.0 Å². The van der Waals surface area contributed by atoms with E-state index in [1.807, 2.05) is 0 Å². The molecule has 0 spiro atoms. The molecule has 2 N–H and O–H groups in total. The molecule has 0 aliphatic carbocycles. The van der Waals surface area contributed by atoms with Crippen molar-refractivity contribution < 1.29 is 13.5 Å². The van der Waals surface area contributed by atoms with Crippen molar-refractivity contribution in [3.8, 4) is 0 Å². The van der Waals surface area contributed by atoms with E-state index >= 15 is 0 Å². The number of rotatable bonds is 4. The molecule has 0 aliphatic heterocycles. The van der Waals surface area contributed by atoms with Gasteiger partial charge < -0.3 is 5.11 Å². The first kappa shape index (κ1) is 15.0. The van der Waals surface area contributed by atoms with Gasteiger partial charge in [0.05, 0.1) is 17.2 Å². The lowest BCUT2D eigenvalue weighted by molar-refractivity contribution is 0.281. The van der Waals surface area contributed by atoms with Gasteiger partial charge in [-0.25, -0.2) is 8.42 Å². The molecule has 0 bridgehead atoms. The zero-order valence-electron chi connectivity index (χ0n) is 10.8. The highest BCUT2D eigenvalue weighted by molar-refractivity contribution is 9.10. The fraction of sp³-hybridized carbons (Fsp3) is 0.143. The minimum absolute atomic E-state index is 0.125. The fourth-order valence-corrected chi connectivity index (χ4v) is 3.17. The van der Waals surface area contributed by atoms with E-state index in [4.69, 9.17) is 0 Å². The summed E-state index contributed by atoms with van der Waals surface area (Å²) in [7, 11) is -3.63. The maximum absolute atomic E-state index is 12.3. The Morgan fingerprint density at radius 2 is 1.80 bits per heavy atom. The maximum Gasteiger partial charge on any atom is 0.261 e. The Morgan fingerprint density at radius 1 is 1.15 bits per heavy atom. The van der Waals surface area contributed by atoms with E-state index < -0.39 is 10.0 Å². The molecule has 0 atom stereocenters. The Morgan fingerprint density at radius 3 is 2.40 bits per heavy atom. The average Bonchev–Trinajstić information content (AvgIpc) is 2.41. The topological polar surface area (TPSA) is 66.4 Å². The monoisotopic (exact) mass is 355 g/mol. The van der Waals surface area contributed by atoms with Gasteiger partial charge in [-0.1, -0.05) is 28.1 Å². The van der Waals surface area contributed by atoms with Crippen LogP contribution in [0.1, 0.15) is 11.1 Å². The molecule has 0 aromatic heterocycles. The number of anilines is 1. The van der Waals surface area contributed by atoms with E-state index in [-0.39, 0.29) is 11.5 Å². The van der Waals surface area contributed by atoms with Crippen molar-refractivity contribution in [1.82, 2.24) is 0 Å². The van der Waals surface area contributed by atoms with Gasteiger partial charge in [0.25, 0.3) is 10.0 Å². The van der Waals surface area contributed by atoms with Crippen LogP contribution in [0.15, 0.2) is 51.8 Å². The minimum atomic E-state index is -3.63. The van der Waals surface area contributed by atoms with E-state index in [9.17, 15) is 13.5 Å². The predicted octanol–water partition coefficient (Wildman–Crippen LogP) is 3.05. The van der Waals surface area contributed by atoms with Crippen LogP contribution >= 0.6 is 15.9 Å². The van der Waals surface area contributed by atoms with Gasteiger partial charge >= 0.3 is 0 Å². The average molecular weight is 356 g/mol. The highest BCUT2D eigenvalue weighted by atomic mass is 79.9. The quantitative estimate of drug-likeness (QED) is 0.885. The number of halogens is 1. The third kappa shape index (κ3) is 3.20. The molecular weight excluding hydrogens is 342 g/mol. The van der Waals surface area contributed by atoms with Crippen molar-refractivity contribution in [3.63, 3.8) is 0 Å². The first-order valence-electron chi connectivity index (χ1n) is 5.92. The molecule has 0 saturated carbocycles. The molecule has 2 rings (SSSR count). The molecule has 0 amide bonds. The molecule has 106 valence electrons. The number of aliphatic hydroxyl groups excluding tert-OH is 1. The highest BCUT2D eigenvalue weighted by Crippen LogP contribution is 2.23. The number of hydrogen-bond donors (Lipinski definition) is 2. The maximum atomic E-state index is 12.3. The van der Waals surface area contributed by atoms with E-state index in [2.05, 4.69) is 20.7 Å². The Balaban J connectivity index is 2.36. The summed E-state index contributed by atoms with van der Waals surface area (Å²) in [5.41, 5.74) is 1.89. The molecule has 0 heterocycles. The van der Waals surface area contributed by atoms with Crippen LogP contribution in [-0.2, 0) is 16.6 Å². The summed E-state index contributed by atoms with van der Waals surface area (Å²) in [5.74, 6) is 0. The van der Waals surface area contributed by atoms with Crippen LogP contribution in [0.2, 0.25) is 0 Å². The molecular formula is C14H14BrNO3S. The van der Waals surface area contributed by atoms with Crippen LogP contribution in [0.5, 0.6) is 0 Å². The van der Waals surface area contributed by atoms with Crippen LogP contribution in [0, 0.1) is 6.92 Å². The van der Waals surface area contributed by atoms with Gasteiger partial charge in [0.2, 0.25) is 0 Å². The minimum Gasteiger partial charge on any atom is -0.392 e. The lowest BCUT2D eigenvalue weighted by Gasteiger charge is -2.12. The van der Waals surface area contributed by atoms with Gasteiger partial charge in [0, 0.05) is 4.47 Å². The van der Waals surface area contributed by atoms with Crippen LogP contribution in [0.3, 0.4) is 0 Å². The van der Waals surface area contributed by atoms with Crippen LogP contribution in [-0.4, -0.2) is 13.5 Å². The Bertz CT molecular complexity index is 712. The highest BCUT2D eigenvalue weighted by Gasteiger charge is 2.15. The molecule has 2 aromatic carbocycles. The van der Waals surface area contributed by atoms with Crippen molar-refractivity contribution >= 4 is 31.6 Å². The molecule has 0 fully saturated rings.